The van der Waals surface area contributed by atoms with Gasteiger partial charge in [0.15, 0.2) is 6.61 Å². The Morgan fingerprint density at radius 2 is 1.96 bits per heavy atom. The van der Waals surface area contributed by atoms with Gasteiger partial charge in [0.05, 0.1) is 5.56 Å². The molecule has 2 unspecified atom stereocenters. The minimum Gasteiger partial charge on any atom is -0.484 e. The summed E-state index contributed by atoms with van der Waals surface area (Å²) in [4.78, 5) is 13.8. The smallest absolute Gasteiger partial charge is 0.416 e. The van der Waals surface area contributed by atoms with Crippen LogP contribution in [0.5, 0.6) is 5.75 Å². The Bertz CT molecular complexity index is 522. The van der Waals surface area contributed by atoms with Crippen LogP contribution in [0, 0.1) is 5.92 Å². The molecule has 0 aromatic heterocycles. The van der Waals surface area contributed by atoms with E-state index in [1.807, 2.05) is 6.92 Å². The van der Waals surface area contributed by atoms with E-state index in [4.69, 9.17) is 10.5 Å². The molecule has 8 heteroatoms. The number of nitrogens with zero attached hydrogens (tertiary/aromatic N) is 1. The van der Waals surface area contributed by atoms with Crippen LogP contribution in [0.3, 0.4) is 0 Å². The predicted molar refractivity (Wildman–Crippen MR) is 82.5 cm³/mol. The Balaban J connectivity index is 0.00000264. The fourth-order valence-electron chi connectivity index (χ4n) is 2.63. The van der Waals surface area contributed by atoms with E-state index in [1.165, 1.54) is 12.1 Å². The van der Waals surface area contributed by atoms with Crippen LogP contribution in [0.4, 0.5) is 13.2 Å². The van der Waals surface area contributed by atoms with Crippen molar-refractivity contribution >= 4 is 18.3 Å². The summed E-state index contributed by atoms with van der Waals surface area (Å²) in [5, 5.41) is 0. The minimum atomic E-state index is -4.38. The highest BCUT2D eigenvalue weighted by Crippen LogP contribution is 2.30. The molecule has 0 spiro atoms. The van der Waals surface area contributed by atoms with Crippen molar-refractivity contribution < 1.29 is 22.7 Å². The van der Waals surface area contributed by atoms with Crippen LogP contribution >= 0.6 is 12.4 Å². The molecule has 1 aromatic carbocycles. The Morgan fingerprint density at radius 3 is 2.43 bits per heavy atom. The van der Waals surface area contributed by atoms with E-state index in [1.54, 1.807) is 4.90 Å². The molecule has 1 amide bonds. The molecule has 2 atom stereocenters. The molecule has 0 radical (unpaired) electrons. The lowest BCUT2D eigenvalue weighted by Crippen LogP contribution is -2.37. The topological polar surface area (TPSA) is 55.6 Å². The molecule has 23 heavy (non-hydrogen) atoms. The third-order valence-corrected chi connectivity index (χ3v) is 3.86. The van der Waals surface area contributed by atoms with Crippen LogP contribution < -0.4 is 10.5 Å². The maximum atomic E-state index is 12.4. The second-order valence-electron chi connectivity index (χ2n) is 5.54. The first-order valence-electron chi connectivity index (χ1n) is 7.11. The third-order valence-electron chi connectivity index (χ3n) is 3.86. The summed E-state index contributed by atoms with van der Waals surface area (Å²) in [5.41, 5.74) is 4.87. The number of likely N-dealkylation sites (tertiary alicyclic amines) is 1. The Hall–Kier alpha value is -1.47. The summed E-state index contributed by atoms with van der Waals surface area (Å²) in [6, 6.07) is 4.40. The highest BCUT2D eigenvalue weighted by molar-refractivity contribution is 5.85. The molecule has 2 N–H and O–H groups in total. The molecular weight excluding hydrogens is 333 g/mol. The zero-order valence-electron chi connectivity index (χ0n) is 12.7. The van der Waals surface area contributed by atoms with E-state index in [9.17, 15) is 18.0 Å². The van der Waals surface area contributed by atoms with Crippen LogP contribution in [0.15, 0.2) is 24.3 Å². The number of carbonyl (C=O) groups is 1. The molecule has 0 saturated carbocycles. The van der Waals surface area contributed by atoms with E-state index in [0.717, 1.165) is 18.6 Å². The van der Waals surface area contributed by atoms with Crippen molar-refractivity contribution in [3.63, 3.8) is 0 Å². The standard InChI is InChI=1S/C15H19F3N2O2.ClH/c1-10-6-11(7-19)8-20(10)14(21)9-22-13-4-2-12(3-5-13)15(16,17)18;/h2-5,10-11H,6-9,19H2,1H3;1H. The lowest BCUT2D eigenvalue weighted by molar-refractivity contribution is -0.138. The molecule has 1 aliphatic rings. The molecule has 2 rings (SSSR count). The van der Waals surface area contributed by atoms with Crippen molar-refractivity contribution in [1.29, 1.82) is 0 Å². The van der Waals surface area contributed by atoms with Gasteiger partial charge in [-0.25, -0.2) is 0 Å². The third kappa shape index (κ3) is 5.00. The number of benzene rings is 1. The van der Waals surface area contributed by atoms with Crippen LogP contribution in [-0.4, -0.2) is 36.5 Å². The first kappa shape index (κ1) is 19.6. The summed E-state index contributed by atoms with van der Waals surface area (Å²) >= 11 is 0. The quantitative estimate of drug-likeness (QED) is 0.906. The maximum Gasteiger partial charge on any atom is 0.416 e. The fraction of sp³-hybridized carbons (Fsp3) is 0.533. The zero-order chi connectivity index (χ0) is 16.3. The zero-order valence-corrected chi connectivity index (χ0v) is 13.5. The average molecular weight is 353 g/mol. The molecule has 1 aliphatic heterocycles. The van der Waals surface area contributed by atoms with Gasteiger partial charge in [-0.1, -0.05) is 0 Å². The van der Waals surface area contributed by atoms with Gasteiger partial charge < -0.3 is 15.4 Å². The lowest BCUT2D eigenvalue weighted by atomic mass is 10.1. The molecule has 4 nitrogen and oxygen atoms in total. The second kappa shape index (κ2) is 7.88. The van der Waals surface area contributed by atoms with Crippen LogP contribution in [0.2, 0.25) is 0 Å². The Labute approximate surface area is 139 Å². The summed E-state index contributed by atoms with van der Waals surface area (Å²) in [5.74, 6) is 0.358. The van der Waals surface area contributed by atoms with E-state index >= 15 is 0 Å². The summed E-state index contributed by atoms with van der Waals surface area (Å²) in [6.07, 6.45) is -3.51. The lowest BCUT2D eigenvalue weighted by Gasteiger charge is -2.21. The van der Waals surface area contributed by atoms with E-state index in [-0.39, 0.29) is 36.7 Å². The fourth-order valence-corrected chi connectivity index (χ4v) is 2.63. The van der Waals surface area contributed by atoms with E-state index < -0.39 is 11.7 Å². The van der Waals surface area contributed by atoms with Gasteiger partial charge >= 0.3 is 6.18 Å². The average Bonchev–Trinajstić information content (AvgIpc) is 2.85. The number of halogens is 4. The van der Waals surface area contributed by atoms with Gasteiger partial charge in [-0.05, 0) is 50.1 Å². The SMILES string of the molecule is CC1CC(CN)CN1C(=O)COc1ccc(C(F)(F)F)cc1.Cl. The number of hydrogen-bond donors (Lipinski definition) is 1. The van der Waals surface area contributed by atoms with Crippen molar-refractivity contribution in [3.05, 3.63) is 29.8 Å². The van der Waals surface area contributed by atoms with Crippen molar-refractivity contribution in [1.82, 2.24) is 4.90 Å². The Morgan fingerprint density at radius 1 is 1.35 bits per heavy atom. The van der Waals surface area contributed by atoms with E-state index in [2.05, 4.69) is 0 Å². The number of hydrogen-bond acceptors (Lipinski definition) is 3. The van der Waals surface area contributed by atoms with Crippen molar-refractivity contribution in [2.45, 2.75) is 25.6 Å². The molecule has 1 saturated heterocycles. The number of amides is 1. The predicted octanol–water partition coefficient (Wildman–Crippen LogP) is 2.70. The molecule has 130 valence electrons. The Kier molecular flexibility index (Phi) is 6.70. The first-order valence-corrected chi connectivity index (χ1v) is 7.11. The monoisotopic (exact) mass is 352 g/mol. The van der Waals surface area contributed by atoms with Crippen molar-refractivity contribution in [3.8, 4) is 5.75 Å². The highest BCUT2D eigenvalue weighted by atomic mass is 35.5. The van der Waals surface area contributed by atoms with Crippen molar-refractivity contribution in [2.24, 2.45) is 11.7 Å². The largest absolute Gasteiger partial charge is 0.484 e. The van der Waals surface area contributed by atoms with Crippen LogP contribution in [0.25, 0.3) is 0 Å². The molecule has 1 fully saturated rings. The van der Waals surface area contributed by atoms with Gasteiger partial charge in [0.25, 0.3) is 5.91 Å². The van der Waals surface area contributed by atoms with Gasteiger partial charge in [-0.15, -0.1) is 12.4 Å². The normalized spacial score (nSPS) is 21.0. The second-order valence-corrected chi connectivity index (χ2v) is 5.54. The van der Waals surface area contributed by atoms with Gasteiger partial charge in [-0.3, -0.25) is 4.79 Å². The number of carbonyl (C=O) groups excluding carboxylic acids is 1. The van der Waals surface area contributed by atoms with Gasteiger partial charge in [0, 0.05) is 12.6 Å². The van der Waals surface area contributed by atoms with Crippen molar-refractivity contribution in [2.75, 3.05) is 19.7 Å². The first-order chi connectivity index (χ1) is 10.3. The summed E-state index contributed by atoms with van der Waals surface area (Å²) in [7, 11) is 0. The highest BCUT2D eigenvalue weighted by Gasteiger charge is 2.32. The maximum absolute atomic E-state index is 12.4. The molecule has 0 aliphatic carbocycles. The van der Waals surface area contributed by atoms with Gasteiger partial charge in [0.2, 0.25) is 0 Å². The van der Waals surface area contributed by atoms with Gasteiger partial charge in [-0.2, -0.15) is 13.2 Å². The molecule has 0 bridgehead atoms. The number of nitrogens with two attached hydrogens (primary N) is 1. The van der Waals surface area contributed by atoms with Crippen LogP contribution in [0.1, 0.15) is 18.9 Å². The van der Waals surface area contributed by atoms with E-state index in [0.29, 0.717) is 19.0 Å². The molecule has 1 heterocycles. The number of alkyl halides is 3. The molecule has 1 aromatic rings. The van der Waals surface area contributed by atoms with Gasteiger partial charge in [0.1, 0.15) is 5.75 Å². The van der Waals surface area contributed by atoms with Crippen LogP contribution in [-0.2, 0) is 11.0 Å². The number of rotatable bonds is 4. The number of ether oxygens (including phenoxy) is 1. The minimum absolute atomic E-state index is 0. The molecular formula is C15H20ClF3N2O2. The summed E-state index contributed by atoms with van der Waals surface area (Å²) < 4.78 is 42.6. The summed E-state index contributed by atoms with van der Waals surface area (Å²) in [6.45, 7) is 2.90.